The van der Waals surface area contributed by atoms with E-state index in [2.05, 4.69) is 17.4 Å². The summed E-state index contributed by atoms with van der Waals surface area (Å²) in [6.45, 7) is 2.73. The van der Waals surface area contributed by atoms with E-state index in [4.69, 9.17) is 11.6 Å². The second-order valence-corrected chi connectivity index (χ2v) is 9.58. The molecule has 0 aliphatic carbocycles. The Morgan fingerprint density at radius 3 is 2.21 bits per heavy atom. The number of thioether (sulfide) groups is 1. The van der Waals surface area contributed by atoms with Gasteiger partial charge in [-0.15, -0.1) is 0 Å². The minimum Gasteiger partial charge on any atom is -0.355 e. The zero-order valence-electron chi connectivity index (χ0n) is 19.5. The summed E-state index contributed by atoms with van der Waals surface area (Å²) in [5.41, 5.74) is 3.15. The average molecular weight is 495 g/mol. The number of rotatable bonds is 12. The molecule has 0 unspecified atom stereocenters. The predicted molar refractivity (Wildman–Crippen MR) is 142 cm³/mol. The van der Waals surface area contributed by atoms with E-state index in [0.29, 0.717) is 36.7 Å². The highest BCUT2D eigenvalue weighted by Crippen LogP contribution is 2.20. The van der Waals surface area contributed by atoms with Gasteiger partial charge in [0.05, 0.1) is 0 Å². The van der Waals surface area contributed by atoms with E-state index in [-0.39, 0.29) is 11.8 Å². The van der Waals surface area contributed by atoms with Gasteiger partial charge in [0.15, 0.2) is 0 Å². The Kier molecular flexibility index (Phi) is 10.5. The molecule has 1 atom stereocenters. The van der Waals surface area contributed by atoms with Gasteiger partial charge in [0.25, 0.3) is 0 Å². The number of benzene rings is 3. The van der Waals surface area contributed by atoms with Crippen molar-refractivity contribution in [3.05, 3.63) is 107 Å². The maximum Gasteiger partial charge on any atom is 0.243 e. The van der Waals surface area contributed by atoms with Gasteiger partial charge in [-0.25, -0.2) is 0 Å². The number of nitrogens with zero attached hydrogens (tertiary/aromatic N) is 1. The Labute approximate surface area is 211 Å². The van der Waals surface area contributed by atoms with Crippen molar-refractivity contribution in [2.24, 2.45) is 0 Å². The second kappa shape index (κ2) is 13.8. The van der Waals surface area contributed by atoms with E-state index in [1.807, 2.05) is 79.7 Å². The standard InChI is InChI=1S/C28H31ClN2O2S/c1-2-30-28(33)26(19-22-10-5-3-6-11-22)31(20-24-14-9-15-25(29)18-24)27(32)16-17-34-21-23-12-7-4-8-13-23/h3-15,18,26H,2,16-17,19-21H2,1H3,(H,30,33)/t26-/m1/s1. The lowest BCUT2D eigenvalue weighted by Gasteiger charge is -2.31. The first-order chi connectivity index (χ1) is 16.6. The van der Waals surface area contributed by atoms with Crippen molar-refractivity contribution in [1.82, 2.24) is 10.2 Å². The van der Waals surface area contributed by atoms with Crippen LogP contribution in [-0.4, -0.2) is 35.1 Å². The molecule has 178 valence electrons. The number of carbonyl (C=O) groups is 2. The zero-order chi connectivity index (χ0) is 24.2. The number of likely N-dealkylation sites (N-methyl/N-ethyl adjacent to an activating group) is 1. The third-order valence-electron chi connectivity index (χ3n) is 5.44. The van der Waals surface area contributed by atoms with Gasteiger partial charge in [0.2, 0.25) is 11.8 Å². The summed E-state index contributed by atoms with van der Waals surface area (Å²) in [5.74, 6) is 1.37. The van der Waals surface area contributed by atoms with Crippen molar-refractivity contribution in [2.75, 3.05) is 12.3 Å². The second-order valence-electron chi connectivity index (χ2n) is 8.04. The van der Waals surface area contributed by atoms with E-state index in [1.54, 1.807) is 16.7 Å². The van der Waals surface area contributed by atoms with Crippen molar-refractivity contribution >= 4 is 35.2 Å². The third kappa shape index (κ3) is 8.23. The molecule has 6 heteroatoms. The van der Waals surface area contributed by atoms with E-state index in [0.717, 1.165) is 16.9 Å². The van der Waals surface area contributed by atoms with Crippen LogP contribution in [0, 0.1) is 0 Å². The molecule has 0 aliphatic rings. The third-order valence-corrected chi connectivity index (χ3v) is 6.70. The minimum absolute atomic E-state index is 0.0345. The molecule has 34 heavy (non-hydrogen) atoms. The first-order valence-corrected chi connectivity index (χ1v) is 13.1. The molecule has 1 N–H and O–H groups in total. The van der Waals surface area contributed by atoms with E-state index >= 15 is 0 Å². The summed E-state index contributed by atoms with van der Waals surface area (Å²) >= 11 is 7.93. The number of halogens is 1. The molecule has 3 aromatic rings. The average Bonchev–Trinajstić information content (AvgIpc) is 2.85. The van der Waals surface area contributed by atoms with Gasteiger partial charge in [0.1, 0.15) is 6.04 Å². The van der Waals surface area contributed by atoms with Crippen LogP contribution < -0.4 is 5.32 Å². The monoisotopic (exact) mass is 494 g/mol. The number of amides is 2. The highest BCUT2D eigenvalue weighted by molar-refractivity contribution is 7.98. The molecule has 0 aliphatic heterocycles. The fourth-order valence-corrected chi connectivity index (χ4v) is 4.85. The molecular formula is C28H31ClN2O2S. The first kappa shape index (κ1) is 25.9. The summed E-state index contributed by atoms with van der Waals surface area (Å²) in [6, 6.07) is 26.9. The van der Waals surface area contributed by atoms with Crippen LogP contribution >= 0.6 is 23.4 Å². The number of hydrogen-bond donors (Lipinski definition) is 1. The molecule has 0 radical (unpaired) electrons. The Balaban J connectivity index is 1.77. The quantitative estimate of drug-likeness (QED) is 0.327. The number of hydrogen-bond acceptors (Lipinski definition) is 3. The summed E-state index contributed by atoms with van der Waals surface area (Å²) in [6.07, 6.45) is 0.818. The van der Waals surface area contributed by atoms with Crippen molar-refractivity contribution in [2.45, 2.75) is 38.1 Å². The Morgan fingerprint density at radius 1 is 0.912 bits per heavy atom. The molecule has 3 aromatic carbocycles. The molecule has 0 bridgehead atoms. The van der Waals surface area contributed by atoms with Crippen molar-refractivity contribution in [3.8, 4) is 0 Å². The van der Waals surface area contributed by atoms with Crippen LogP contribution in [0.4, 0.5) is 0 Å². The maximum atomic E-state index is 13.5. The SMILES string of the molecule is CCNC(=O)[C@@H](Cc1ccccc1)N(Cc1cccc(Cl)c1)C(=O)CCSCc1ccccc1. The van der Waals surface area contributed by atoms with Gasteiger partial charge in [-0.1, -0.05) is 84.4 Å². The molecular weight excluding hydrogens is 464 g/mol. The number of carbonyl (C=O) groups excluding carboxylic acids is 2. The molecule has 0 fully saturated rings. The highest BCUT2D eigenvalue weighted by atomic mass is 35.5. The van der Waals surface area contributed by atoms with E-state index in [9.17, 15) is 9.59 Å². The minimum atomic E-state index is -0.604. The predicted octanol–water partition coefficient (Wildman–Crippen LogP) is 5.74. The Morgan fingerprint density at radius 2 is 1.56 bits per heavy atom. The topological polar surface area (TPSA) is 49.4 Å². The summed E-state index contributed by atoms with van der Waals surface area (Å²) in [4.78, 5) is 28.3. The highest BCUT2D eigenvalue weighted by Gasteiger charge is 2.29. The lowest BCUT2D eigenvalue weighted by atomic mass is 10.0. The smallest absolute Gasteiger partial charge is 0.243 e. The van der Waals surface area contributed by atoms with Crippen molar-refractivity contribution < 1.29 is 9.59 Å². The van der Waals surface area contributed by atoms with E-state index < -0.39 is 6.04 Å². The van der Waals surface area contributed by atoms with Gasteiger partial charge in [0, 0.05) is 42.5 Å². The first-order valence-electron chi connectivity index (χ1n) is 11.5. The van der Waals surface area contributed by atoms with Gasteiger partial charge >= 0.3 is 0 Å². The van der Waals surface area contributed by atoms with Gasteiger partial charge < -0.3 is 10.2 Å². The lowest BCUT2D eigenvalue weighted by molar-refractivity contribution is -0.140. The summed E-state index contributed by atoms with van der Waals surface area (Å²) in [7, 11) is 0. The molecule has 0 heterocycles. The van der Waals surface area contributed by atoms with Crippen LogP contribution in [0.5, 0.6) is 0 Å². The fourth-order valence-electron chi connectivity index (χ4n) is 3.75. The van der Waals surface area contributed by atoms with Crippen LogP contribution in [0.3, 0.4) is 0 Å². The van der Waals surface area contributed by atoms with Crippen molar-refractivity contribution in [3.63, 3.8) is 0 Å². The normalized spacial score (nSPS) is 11.6. The molecule has 0 saturated carbocycles. The summed E-state index contributed by atoms with van der Waals surface area (Å²) < 4.78 is 0. The molecule has 0 saturated heterocycles. The number of nitrogens with one attached hydrogen (secondary N) is 1. The largest absolute Gasteiger partial charge is 0.355 e. The van der Waals surface area contributed by atoms with Crippen LogP contribution in [-0.2, 0) is 28.3 Å². The Bertz CT molecular complexity index is 1050. The van der Waals surface area contributed by atoms with Gasteiger partial charge in [-0.3, -0.25) is 9.59 Å². The lowest BCUT2D eigenvalue weighted by Crippen LogP contribution is -2.50. The van der Waals surface area contributed by atoms with Gasteiger partial charge in [-0.05, 0) is 35.7 Å². The van der Waals surface area contributed by atoms with Crippen LogP contribution in [0.1, 0.15) is 30.0 Å². The van der Waals surface area contributed by atoms with Crippen LogP contribution in [0.25, 0.3) is 0 Å². The molecule has 2 amide bonds. The van der Waals surface area contributed by atoms with Crippen LogP contribution in [0.2, 0.25) is 5.02 Å². The zero-order valence-corrected chi connectivity index (χ0v) is 21.0. The maximum absolute atomic E-state index is 13.5. The molecule has 0 spiro atoms. The summed E-state index contributed by atoms with van der Waals surface area (Å²) in [5, 5.41) is 3.54. The van der Waals surface area contributed by atoms with E-state index in [1.165, 1.54) is 5.56 Å². The van der Waals surface area contributed by atoms with Crippen molar-refractivity contribution in [1.29, 1.82) is 0 Å². The molecule has 3 rings (SSSR count). The Hall–Kier alpha value is -2.76. The molecule has 4 nitrogen and oxygen atoms in total. The fraction of sp³-hybridized carbons (Fsp3) is 0.286. The van der Waals surface area contributed by atoms with Crippen LogP contribution in [0.15, 0.2) is 84.9 Å². The van der Waals surface area contributed by atoms with Gasteiger partial charge in [-0.2, -0.15) is 11.8 Å². The molecule has 0 aromatic heterocycles.